The average Bonchev–Trinajstić information content (AvgIpc) is 2.37. The van der Waals surface area contributed by atoms with Crippen molar-refractivity contribution in [2.75, 3.05) is 12.0 Å². The molecule has 5 nitrogen and oxygen atoms in total. The molecule has 0 aliphatic carbocycles. The summed E-state index contributed by atoms with van der Waals surface area (Å²) < 4.78 is 10.5. The van der Waals surface area contributed by atoms with E-state index in [1.54, 1.807) is 13.8 Å². The molecule has 0 atom stereocenters. The third-order valence-electron chi connectivity index (χ3n) is 2.16. The Morgan fingerprint density at radius 3 is 2.68 bits per heavy atom. The average molecular weight is 264 g/mol. The Morgan fingerprint density at radius 2 is 2.05 bits per heavy atom. The summed E-state index contributed by atoms with van der Waals surface area (Å²) in [4.78, 5) is 11.4. The molecule has 0 spiro atoms. The van der Waals surface area contributed by atoms with Crippen LogP contribution < -0.4 is 10.2 Å². The number of rotatable bonds is 6. The van der Waals surface area contributed by atoms with Gasteiger partial charge in [0.1, 0.15) is 11.5 Å². The molecule has 1 N–H and O–H groups in total. The number of anilines is 1. The first-order chi connectivity index (χ1) is 9.04. The van der Waals surface area contributed by atoms with Crippen LogP contribution in [0.4, 0.5) is 5.69 Å². The van der Waals surface area contributed by atoms with Gasteiger partial charge in [0.25, 0.3) is 0 Å². The van der Waals surface area contributed by atoms with Gasteiger partial charge >= 0.3 is 5.97 Å². The highest BCUT2D eigenvalue weighted by atomic mass is 16.5. The van der Waals surface area contributed by atoms with Crippen LogP contribution in [0.5, 0.6) is 5.75 Å². The second-order valence-corrected chi connectivity index (χ2v) is 4.19. The predicted octanol–water partition coefficient (Wildman–Crippen LogP) is 2.82. The van der Waals surface area contributed by atoms with Crippen LogP contribution in [-0.4, -0.2) is 24.4 Å². The number of carbonyl (C=O) groups is 1. The molecule has 0 bridgehead atoms. The van der Waals surface area contributed by atoms with Crippen LogP contribution in [0.3, 0.4) is 0 Å². The molecule has 5 heteroatoms. The molecule has 0 amide bonds. The van der Waals surface area contributed by atoms with E-state index in [0.29, 0.717) is 18.0 Å². The lowest BCUT2D eigenvalue weighted by Gasteiger charge is -2.13. The monoisotopic (exact) mass is 264 g/mol. The Hall–Kier alpha value is -2.04. The molecule has 0 radical (unpaired) electrons. The Bertz CT molecular complexity index is 456. The zero-order valence-electron chi connectivity index (χ0n) is 11.8. The summed E-state index contributed by atoms with van der Waals surface area (Å²) in [5.74, 6) is 0.259. The topological polar surface area (TPSA) is 59.9 Å². The number of hydrogen-bond acceptors (Lipinski definition) is 5. The summed E-state index contributed by atoms with van der Waals surface area (Å²) in [5.41, 5.74) is 3.79. The standard InChI is InChI=1S/C14H20N2O3/c1-5-18-14(17)11(4)15-16-12-8-6-7-9-13(12)19-10(2)3/h6-10,16H,5H2,1-4H3/b15-11+. The van der Waals surface area contributed by atoms with E-state index in [1.165, 1.54) is 0 Å². The summed E-state index contributed by atoms with van der Waals surface area (Å²) >= 11 is 0. The van der Waals surface area contributed by atoms with E-state index in [9.17, 15) is 4.79 Å². The lowest BCUT2D eigenvalue weighted by molar-refractivity contribution is -0.135. The van der Waals surface area contributed by atoms with E-state index in [-0.39, 0.29) is 11.8 Å². The highest BCUT2D eigenvalue weighted by Crippen LogP contribution is 2.24. The number of hydrogen-bond donors (Lipinski definition) is 1. The lowest BCUT2D eigenvalue weighted by atomic mass is 10.3. The molecule has 1 rings (SSSR count). The summed E-state index contributed by atoms with van der Waals surface area (Å²) in [6, 6.07) is 7.42. The van der Waals surface area contributed by atoms with Gasteiger partial charge in [-0.25, -0.2) is 4.79 Å². The van der Waals surface area contributed by atoms with Gasteiger partial charge in [0, 0.05) is 0 Å². The number of benzene rings is 1. The Labute approximate surface area is 113 Å². The first-order valence-electron chi connectivity index (χ1n) is 6.27. The van der Waals surface area contributed by atoms with Gasteiger partial charge in [0.2, 0.25) is 0 Å². The minimum Gasteiger partial charge on any atom is -0.489 e. The van der Waals surface area contributed by atoms with Gasteiger partial charge in [-0.3, -0.25) is 5.43 Å². The lowest BCUT2D eigenvalue weighted by Crippen LogP contribution is -2.15. The zero-order valence-corrected chi connectivity index (χ0v) is 11.8. The van der Waals surface area contributed by atoms with E-state index in [2.05, 4.69) is 10.5 Å². The fourth-order valence-corrected chi connectivity index (χ4v) is 1.34. The Kier molecular flexibility index (Phi) is 5.85. The quantitative estimate of drug-likeness (QED) is 0.487. The van der Waals surface area contributed by atoms with Crippen molar-refractivity contribution in [2.24, 2.45) is 5.10 Å². The first kappa shape index (κ1) is 15.0. The number of para-hydroxylation sites is 2. The third-order valence-corrected chi connectivity index (χ3v) is 2.16. The van der Waals surface area contributed by atoms with Gasteiger partial charge in [-0.15, -0.1) is 0 Å². The van der Waals surface area contributed by atoms with Gasteiger partial charge in [-0.05, 0) is 39.8 Å². The van der Waals surface area contributed by atoms with Crippen LogP contribution in [0.25, 0.3) is 0 Å². The highest BCUT2D eigenvalue weighted by molar-refractivity contribution is 6.35. The van der Waals surface area contributed by atoms with Crippen LogP contribution in [0.2, 0.25) is 0 Å². The maximum Gasteiger partial charge on any atom is 0.354 e. The van der Waals surface area contributed by atoms with Crippen molar-refractivity contribution in [2.45, 2.75) is 33.8 Å². The molecule has 0 aliphatic heterocycles. The molecule has 0 aromatic heterocycles. The minimum absolute atomic E-state index is 0.0677. The van der Waals surface area contributed by atoms with Gasteiger partial charge in [0.15, 0.2) is 0 Å². The van der Waals surface area contributed by atoms with Crippen molar-refractivity contribution in [1.82, 2.24) is 0 Å². The molecule has 0 unspecified atom stereocenters. The van der Waals surface area contributed by atoms with Gasteiger partial charge < -0.3 is 9.47 Å². The van der Waals surface area contributed by atoms with Crippen molar-refractivity contribution in [3.8, 4) is 5.75 Å². The number of nitrogens with one attached hydrogen (secondary N) is 1. The van der Waals surface area contributed by atoms with Crippen molar-refractivity contribution in [1.29, 1.82) is 0 Å². The van der Waals surface area contributed by atoms with E-state index in [0.717, 1.165) is 0 Å². The second kappa shape index (κ2) is 7.41. The second-order valence-electron chi connectivity index (χ2n) is 4.19. The summed E-state index contributed by atoms with van der Waals surface area (Å²) in [7, 11) is 0. The van der Waals surface area contributed by atoms with Crippen LogP contribution in [0.1, 0.15) is 27.7 Å². The van der Waals surface area contributed by atoms with E-state index in [4.69, 9.17) is 9.47 Å². The summed E-state index contributed by atoms with van der Waals surface area (Å²) in [5, 5.41) is 3.99. The smallest absolute Gasteiger partial charge is 0.354 e. The van der Waals surface area contributed by atoms with Gasteiger partial charge in [0.05, 0.1) is 18.4 Å². The minimum atomic E-state index is -0.433. The number of carbonyl (C=O) groups excluding carboxylic acids is 1. The van der Waals surface area contributed by atoms with Gasteiger partial charge in [-0.1, -0.05) is 12.1 Å². The summed E-state index contributed by atoms with van der Waals surface area (Å²) in [6.07, 6.45) is 0.0677. The van der Waals surface area contributed by atoms with E-state index >= 15 is 0 Å². The molecule has 0 saturated heterocycles. The predicted molar refractivity (Wildman–Crippen MR) is 75.6 cm³/mol. The first-order valence-corrected chi connectivity index (χ1v) is 6.27. The van der Waals surface area contributed by atoms with Crippen molar-refractivity contribution in [3.05, 3.63) is 24.3 Å². The molecule has 0 aliphatic rings. The Morgan fingerprint density at radius 1 is 1.37 bits per heavy atom. The SMILES string of the molecule is CCOC(=O)/C(C)=N/Nc1ccccc1OC(C)C. The molecule has 0 heterocycles. The van der Waals surface area contributed by atoms with Crippen LogP contribution in [0.15, 0.2) is 29.4 Å². The van der Waals surface area contributed by atoms with Crippen molar-refractivity contribution in [3.63, 3.8) is 0 Å². The number of esters is 1. The van der Waals surface area contributed by atoms with Crippen molar-refractivity contribution >= 4 is 17.4 Å². The van der Waals surface area contributed by atoms with Crippen LogP contribution in [0, 0.1) is 0 Å². The van der Waals surface area contributed by atoms with Crippen LogP contribution in [-0.2, 0) is 9.53 Å². The maximum absolute atomic E-state index is 11.4. The molecule has 0 fully saturated rings. The van der Waals surface area contributed by atoms with E-state index < -0.39 is 5.97 Å². The summed E-state index contributed by atoms with van der Waals surface area (Å²) in [6.45, 7) is 7.58. The highest BCUT2D eigenvalue weighted by Gasteiger charge is 2.08. The van der Waals surface area contributed by atoms with E-state index in [1.807, 2.05) is 38.1 Å². The molecule has 1 aromatic rings. The molecular formula is C14H20N2O3. The third kappa shape index (κ3) is 4.99. The number of ether oxygens (including phenoxy) is 2. The normalized spacial score (nSPS) is 11.3. The molecule has 1 aromatic carbocycles. The van der Waals surface area contributed by atoms with Crippen LogP contribution >= 0.6 is 0 Å². The fraction of sp³-hybridized carbons (Fsp3) is 0.429. The number of nitrogens with zero attached hydrogens (tertiary/aromatic N) is 1. The van der Waals surface area contributed by atoms with Gasteiger partial charge in [-0.2, -0.15) is 5.10 Å². The maximum atomic E-state index is 11.4. The fourth-order valence-electron chi connectivity index (χ4n) is 1.34. The Balaban J connectivity index is 2.76. The molecule has 0 saturated carbocycles. The molecular weight excluding hydrogens is 244 g/mol. The van der Waals surface area contributed by atoms with Crippen molar-refractivity contribution < 1.29 is 14.3 Å². The largest absolute Gasteiger partial charge is 0.489 e. The number of hydrazone groups is 1. The molecule has 104 valence electrons. The molecule has 19 heavy (non-hydrogen) atoms. The zero-order chi connectivity index (χ0) is 14.3.